The number of aryl methyl sites for hydroxylation is 1. The van der Waals surface area contributed by atoms with Crippen molar-refractivity contribution < 1.29 is 4.39 Å². The van der Waals surface area contributed by atoms with Crippen molar-refractivity contribution in [1.29, 1.82) is 0 Å². The number of hydrogen-bond donors (Lipinski definition) is 1. The molecule has 0 bridgehead atoms. The maximum atomic E-state index is 13.7. The molecule has 21 heavy (non-hydrogen) atoms. The van der Waals surface area contributed by atoms with Gasteiger partial charge in [-0.05, 0) is 38.0 Å². The molecule has 1 atom stereocenters. The summed E-state index contributed by atoms with van der Waals surface area (Å²) in [5, 5.41) is 0. The molecule has 1 unspecified atom stereocenters. The van der Waals surface area contributed by atoms with Crippen LogP contribution in [0.5, 0.6) is 0 Å². The summed E-state index contributed by atoms with van der Waals surface area (Å²) in [6, 6.07) is 14.8. The first-order valence-electron chi connectivity index (χ1n) is 7.44. The fourth-order valence-corrected chi connectivity index (χ4v) is 2.59. The molecular weight excluding hydrogens is 263 g/mol. The minimum Gasteiger partial charge on any atom is -0.372 e. The molecule has 2 N–H and O–H groups in total. The lowest BCUT2D eigenvalue weighted by Gasteiger charge is -2.26. The van der Waals surface area contributed by atoms with Crippen LogP contribution in [0, 0.1) is 12.7 Å². The van der Waals surface area contributed by atoms with Gasteiger partial charge in [0.1, 0.15) is 5.82 Å². The van der Waals surface area contributed by atoms with Gasteiger partial charge >= 0.3 is 0 Å². The Balaban J connectivity index is 2.04. The Morgan fingerprint density at radius 3 is 2.43 bits per heavy atom. The van der Waals surface area contributed by atoms with Crippen molar-refractivity contribution in [2.45, 2.75) is 26.3 Å². The lowest BCUT2D eigenvalue weighted by Crippen LogP contribution is -2.28. The molecule has 0 saturated carbocycles. The van der Waals surface area contributed by atoms with Crippen LogP contribution in [-0.4, -0.2) is 13.1 Å². The van der Waals surface area contributed by atoms with Gasteiger partial charge in [0, 0.05) is 30.4 Å². The maximum absolute atomic E-state index is 13.7. The summed E-state index contributed by atoms with van der Waals surface area (Å²) in [5.41, 5.74) is 9.22. The Morgan fingerprint density at radius 1 is 1.10 bits per heavy atom. The number of benzene rings is 2. The Labute approximate surface area is 126 Å². The molecule has 0 spiro atoms. The van der Waals surface area contributed by atoms with Crippen LogP contribution in [-0.2, 0) is 0 Å². The van der Waals surface area contributed by atoms with E-state index in [1.54, 1.807) is 12.1 Å². The number of para-hydroxylation sites is 1. The van der Waals surface area contributed by atoms with Crippen LogP contribution in [0.15, 0.2) is 48.5 Å². The lowest BCUT2D eigenvalue weighted by molar-refractivity contribution is 0.560. The van der Waals surface area contributed by atoms with Gasteiger partial charge < -0.3 is 10.6 Å². The van der Waals surface area contributed by atoms with E-state index in [1.807, 2.05) is 18.2 Å². The van der Waals surface area contributed by atoms with Crippen molar-refractivity contribution in [2.75, 3.05) is 18.0 Å². The second kappa shape index (κ2) is 7.23. The molecule has 0 amide bonds. The van der Waals surface area contributed by atoms with Crippen LogP contribution in [0.1, 0.15) is 30.5 Å². The zero-order chi connectivity index (χ0) is 15.2. The summed E-state index contributed by atoms with van der Waals surface area (Å²) >= 11 is 0. The molecule has 2 nitrogen and oxygen atoms in total. The molecule has 2 aromatic rings. The third kappa shape index (κ3) is 3.82. The van der Waals surface area contributed by atoms with Gasteiger partial charge in [-0.3, -0.25) is 0 Å². The average Bonchev–Trinajstić information content (AvgIpc) is 2.49. The molecule has 2 aromatic carbocycles. The molecule has 3 heteroatoms. The minimum absolute atomic E-state index is 0.219. The second-order valence-electron chi connectivity index (χ2n) is 5.28. The molecule has 0 aliphatic carbocycles. The SMILES string of the molecule is CCN(CCC(N)c1ccccc1F)c1ccccc1C. The third-order valence-electron chi connectivity index (χ3n) is 3.85. The van der Waals surface area contributed by atoms with E-state index in [4.69, 9.17) is 5.73 Å². The van der Waals surface area contributed by atoms with Crippen LogP contribution in [0.25, 0.3) is 0 Å². The Morgan fingerprint density at radius 2 is 1.76 bits per heavy atom. The molecule has 112 valence electrons. The topological polar surface area (TPSA) is 29.3 Å². The van der Waals surface area contributed by atoms with Crippen molar-refractivity contribution >= 4 is 5.69 Å². The Bertz CT molecular complexity index is 583. The van der Waals surface area contributed by atoms with Crippen LogP contribution >= 0.6 is 0 Å². The summed E-state index contributed by atoms with van der Waals surface area (Å²) in [4.78, 5) is 2.29. The normalized spacial score (nSPS) is 12.2. The number of rotatable bonds is 6. The van der Waals surface area contributed by atoms with Crippen LogP contribution in [0.4, 0.5) is 10.1 Å². The van der Waals surface area contributed by atoms with Gasteiger partial charge in [0.15, 0.2) is 0 Å². The summed E-state index contributed by atoms with van der Waals surface area (Å²) < 4.78 is 13.7. The summed E-state index contributed by atoms with van der Waals surface area (Å²) in [7, 11) is 0. The smallest absolute Gasteiger partial charge is 0.127 e. The zero-order valence-electron chi connectivity index (χ0n) is 12.7. The van der Waals surface area contributed by atoms with Gasteiger partial charge in [-0.2, -0.15) is 0 Å². The molecule has 0 aliphatic rings. The molecule has 2 rings (SSSR count). The van der Waals surface area contributed by atoms with Crippen LogP contribution in [0.3, 0.4) is 0 Å². The van der Waals surface area contributed by atoms with E-state index in [0.717, 1.165) is 19.5 Å². The summed E-state index contributed by atoms with van der Waals surface area (Å²) in [6.45, 7) is 5.96. The third-order valence-corrected chi connectivity index (χ3v) is 3.85. The fraction of sp³-hybridized carbons (Fsp3) is 0.333. The van der Waals surface area contributed by atoms with Gasteiger partial charge in [0.25, 0.3) is 0 Å². The quantitative estimate of drug-likeness (QED) is 0.868. The number of anilines is 1. The Kier molecular flexibility index (Phi) is 5.34. The molecule has 0 heterocycles. The molecule has 0 radical (unpaired) electrons. The highest BCUT2D eigenvalue weighted by molar-refractivity contribution is 5.52. The van der Waals surface area contributed by atoms with E-state index in [2.05, 4.69) is 30.9 Å². The number of halogens is 1. The first kappa shape index (κ1) is 15.5. The highest BCUT2D eigenvalue weighted by Gasteiger charge is 2.13. The van der Waals surface area contributed by atoms with Crippen LogP contribution < -0.4 is 10.6 Å². The highest BCUT2D eigenvalue weighted by Crippen LogP contribution is 2.22. The second-order valence-corrected chi connectivity index (χ2v) is 5.28. The van der Waals surface area contributed by atoms with Crippen molar-refractivity contribution in [1.82, 2.24) is 0 Å². The van der Waals surface area contributed by atoms with E-state index in [1.165, 1.54) is 17.3 Å². The molecule has 0 aliphatic heterocycles. The minimum atomic E-state index is -0.274. The van der Waals surface area contributed by atoms with E-state index in [-0.39, 0.29) is 11.9 Å². The summed E-state index contributed by atoms with van der Waals surface area (Å²) in [6.07, 6.45) is 0.725. The van der Waals surface area contributed by atoms with E-state index >= 15 is 0 Å². The van der Waals surface area contributed by atoms with Gasteiger partial charge in [-0.15, -0.1) is 0 Å². The fourth-order valence-electron chi connectivity index (χ4n) is 2.59. The largest absolute Gasteiger partial charge is 0.372 e. The summed E-state index contributed by atoms with van der Waals surface area (Å²) in [5.74, 6) is -0.219. The average molecular weight is 286 g/mol. The predicted octanol–water partition coefficient (Wildman–Crippen LogP) is 4.05. The van der Waals surface area contributed by atoms with E-state index in [0.29, 0.717) is 5.56 Å². The first-order chi connectivity index (χ1) is 10.1. The van der Waals surface area contributed by atoms with Crippen molar-refractivity contribution in [2.24, 2.45) is 5.73 Å². The lowest BCUT2D eigenvalue weighted by atomic mass is 10.0. The number of hydrogen-bond acceptors (Lipinski definition) is 2. The first-order valence-corrected chi connectivity index (χ1v) is 7.44. The van der Waals surface area contributed by atoms with Gasteiger partial charge in [0.05, 0.1) is 0 Å². The standard InChI is InChI=1S/C18H23FN2/c1-3-21(18-11-7-4-8-14(18)2)13-12-17(20)15-9-5-6-10-16(15)19/h4-11,17H,3,12-13,20H2,1-2H3. The molecular formula is C18H23FN2. The Hall–Kier alpha value is -1.87. The molecule has 0 fully saturated rings. The van der Waals surface area contributed by atoms with E-state index < -0.39 is 0 Å². The van der Waals surface area contributed by atoms with E-state index in [9.17, 15) is 4.39 Å². The molecule has 0 aromatic heterocycles. The van der Waals surface area contributed by atoms with Gasteiger partial charge in [-0.1, -0.05) is 36.4 Å². The zero-order valence-corrected chi connectivity index (χ0v) is 12.7. The predicted molar refractivity (Wildman–Crippen MR) is 87.0 cm³/mol. The highest BCUT2D eigenvalue weighted by atomic mass is 19.1. The van der Waals surface area contributed by atoms with Crippen molar-refractivity contribution in [3.8, 4) is 0 Å². The van der Waals surface area contributed by atoms with Crippen molar-refractivity contribution in [3.05, 3.63) is 65.5 Å². The monoisotopic (exact) mass is 286 g/mol. The van der Waals surface area contributed by atoms with Crippen LogP contribution in [0.2, 0.25) is 0 Å². The van der Waals surface area contributed by atoms with Gasteiger partial charge in [0.2, 0.25) is 0 Å². The van der Waals surface area contributed by atoms with Gasteiger partial charge in [-0.25, -0.2) is 4.39 Å². The number of nitrogens with zero attached hydrogens (tertiary/aromatic N) is 1. The van der Waals surface area contributed by atoms with Crippen molar-refractivity contribution in [3.63, 3.8) is 0 Å². The maximum Gasteiger partial charge on any atom is 0.127 e. The molecule has 0 saturated heterocycles. The number of nitrogens with two attached hydrogens (primary N) is 1.